The van der Waals surface area contributed by atoms with Crippen molar-refractivity contribution in [1.29, 1.82) is 0 Å². The molecule has 0 saturated heterocycles. The molecule has 1 amide bonds. The van der Waals surface area contributed by atoms with Crippen LogP contribution in [0.25, 0.3) is 11.4 Å². The minimum absolute atomic E-state index is 0.167. The number of hydrogen-bond donors (Lipinski definition) is 2. The Morgan fingerprint density at radius 3 is 2.48 bits per heavy atom. The summed E-state index contributed by atoms with van der Waals surface area (Å²) in [5.41, 5.74) is 1.98. The van der Waals surface area contributed by atoms with Gasteiger partial charge in [0.15, 0.2) is 5.82 Å². The Balaban J connectivity index is 1.68. The van der Waals surface area contributed by atoms with E-state index >= 15 is 0 Å². The van der Waals surface area contributed by atoms with Gasteiger partial charge in [-0.05, 0) is 25.0 Å². The van der Waals surface area contributed by atoms with Crippen LogP contribution in [0.1, 0.15) is 36.2 Å². The van der Waals surface area contributed by atoms with Gasteiger partial charge in [0.05, 0.1) is 12.8 Å². The number of ether oxygens (including phenoxy) is 1. The van der Waals surface area contributed by atoms with E-state index in [1.807, 2.05) is 54.6 Å². The number of para-hydroxylation sites is 2. The molecule has 2 aromatic carbocycles. The van der Waals surface area contributed by atoms with Gasteiger partial charge in [-0.1, -0.05) is 55.3 Å². The van der Waals surface area contributed by atoms with E-state index in [1.54, 1.807) is 13.2 Å². The van der Waals surface area contributed by atoms with Crippen LogP contribution in [-0.2, 0) is 0 Å². The van der Waals surface area contributed by atoms with Crippen molar-refractivity contribution in [2.75, 3.05) is 12.4 Å². The molecule has 6 heteroatoms. The number of carbonyl (C=O) groups excluding carboxylic acids is 1. The van der Waals surface area contributed by atoms with Gasteiger partial charge in [-0.2, -0.15) is 0 Å². The summed E-state index contributed by atoms with van der Waals surface area (Å²) >= 11 is 0. The van der Waals surface area contributed by atoms with Crippen molar-refractivity contribution in [2.45, 2.75) is 31.7 Å². The van der Waals surface area contributed by atoms with E-state index in [2.05, 4.69) is 20.6 Å². The van der Waals surface area contributed by atoms with Gasteiger partial charge in [0.1, 0.15) is 17.3 Å². The van der Waals surface area contributed by atoms with Gasteiger partial charge in [-0.15, -0.1) is 0 Å². The summed E-state index contributed by atoms with van der Waals surface area (Å²) in [6, 6.07) is 19.2. The van der Waals surface area contributed by atoms with Crippen LogP contribution in [0.15, 0.2) is 60.7 Å². The summed E-state index contributed by atoms with van der Waals surface area (Å²) in [5, 5.41) is 6.37. The predicted molar refractivity (Wildman–Crippen MR) is 113 cm³/mol. The van der Waals surface area contributed by atoms with Gasteiger partial charge in [-0.25, -0.2) is 9.97 Å². The van der Waals surface area contributed by atoms with Crippen LogP contribution in [0, 0.1) is 0 Å². The highest BCUT2D eigenvalue weighted by molar-refractivity contribution is 5.94. The molecule has 0 atom stereocenters. The topological polar surface area (TPSA) is 76.1 Å². The van der Waals surface area contributed by atoms with Gasteiger partial charge in [0.25, 0.3) is 5.91 Å². The molecule has 1 fully saturated rings. The predicted octanol–water partition coefficient (Wildman–Crippen LogP) is 4.57. The summed E-state index contributed by atoms with van der Waals surface area (Å²) in [6.07, 6.45) is 4.36. The third-order valence-corrected chi connectivity index (χ3v) is 5.05. The monoisotopic (exact) mass is 388 g/mol. The Morgan fingerprint density at radius 1 is 1.00 bits per heavy atom. The zero-order chi connectivity index (χ0) is 20.1. The maximum atomic E-state index is 12.9. The number of amides is 1. The first-order valence-electron chi connectivity index (χ1n) is 9.88. The molecule has 0 unspecified atom stereocenters. The normalized spacial score (nSPS) is 13.8. The first-order chi connectivity index (χ1) is 14.2. The number of rotatable bonds is 6. The van der Waals surface area contributed by atoms with Crippen molar-refractivity contribution in [3.63, 3.8) is 0 Å². The lowest BCUT2D eigenvalue weighted by Crippen LogP contribution is -2.33. The molecule has 29 heavy (non-hydrogen) atoms. The van der Waals surface area contributed by atoms with E-state index < -0.39 is 0 Å². The maximum absolute atomic E-state index is 12.9. The maximum Gasteiger partial charge on any atom is 0.270 e. The lowest BCUT2D eigenvalue weighted by atomic mass is 10.2. The minimum Gasteiger partial charge on any atom is -0.495 e. The average molecular weight is 388 g/mol. The van der Waals surface area contributed by atoms with Crippen LogP contribution in [0.2, 0.25) is 0 Å². The number of hydrogen-bond acceptors (Lipinski definition) is 5. The summed E-state index contributed by atoms with van der Waals surface area (Å²) < 4.78 is 5.41. The molecule has 148 valence electrons. The zero-order valence-corrected chi connectivity index (χ0v) is 16.4. The number of methoxy groups -OCH3 is 1. The smallest absolute Gasteiger partial charge is 0.270 e. The molecule has 1 saturated carbocycles. The fourth-order valence-electron chi connectivity index (χ4n) is 3.56. The van der Waals surface area contributed by atoms with Crippen LogP contribution in [0.3, 0.4) is 0 Å². The standard InChI is InChI=1S/C23H24N4O2/c1-29-20-14-8-7-13-18(20)25-21-15-19(23(28)24-17-11-5-6-12-17)26-22(27-21)16-9-3-2-4-10-16/h2-4,7-10,13-15,17H,5-6,11-12H2,1H3,(H,24,28)(H,25,26,27). The first kappa shape index (κ1) is 18.9. The van der Waals surface area contributed by atoms with Gasteiger partial charge >= 0.3 is 0 Å². The van der Waals surface area contributed by atoms with Crippen LogP contribution >= 0.6 is 0 Å². The van der Waals surface area contributed by atoms with Crippen LogP contribution < -0.4 is 15.4 Å². The number of nitrogens with one attached hydrogen (secondary N) is 2. The van der Waals surface area contributed by atoms with Crippen molar-refractivity contribution in [3.8, 4) is 17.1 Å². The Hall–Kier alpha value is -3.41. The molecule has 1 heterocycles. The quantitative estimate of drug-likeness (QED) is 0.647. The zero-order valence-electron chi connectivity index (χ0n) is 16.4. The molecule has 1 aliphatic rings. The largest absolute Gasteiger partial charge is 0.495 e. The second kappa shape index (κ2) is 8.73. The highest BCUT2D eigenvalue weighted by Gasteiger charge is 2.20. The van der Waals surface area contributed by atoms with E-state index in [9.17, 15) is 4.79 Å². The third-order valence-electron chi connectivity index (χ3n) is 5.05. The molecule has 1 aliphatic carbocycles. The van der Waals surface area contributed by atoms with Crippen molar-refractivity contribution < 1.29 is 9.53 Å². The SMILES string of the molecule is COc1ccccc1Nc1cc(C(=O)NC2CCCC2)nc(-c2ccccc2)n1. The van der Waals surface area contributed by atoms with E-state index in [0.717, 1.165) is 36.9 Å². The van der Waals surface area contributed by atoms with Gasteiger partial charge < -0.3 is 15.4 Å². The molecular formula is C23H24N4O2. The fraction of sp³-hybridized carbons (Fsp3) is 0.261. The van der Waals surface area contributed by atoms with Gasteiger partial charge in [0.2, 0.25) is 0 Å². The highest BCUT2D eigenvalue weighted by atomic mass is 16.5. The van der Waals surface area contributed by atoms with E-state index in [0.29, 0.717) is 23.1 Å². The minimum atomic E-state index is -0.167. The summed E-state index contributed by atoms with van der Waals surface area (Å²) in [7, 11) is 1.62. The number of anilines is 2. The van der Waals surface area contributed by atoms with Gasteiger partial charge in [-0.3, -0.25) is 4.79 Å². The molecule has 3 aromatic rings. The molecule has 1 aromatic heterocycles. The van der Waals surface area contributed by atoms with Crippen molar-refractivity contribution in [3.05, 3.63) is 66.4 Å². The number of carbonyl (C=O) groups is 1. The summed E-state index contributed by atoms with van der Waals surface area (Å²) in [4.78, 5) is 22.0. The highest BCUT2D eigenvalue weighted by Crippen LogP contribution is 2.28. The number of aromatic nitrogens is 2. The van der Waals surface area contributed by atoms with Crippen LogP contribution in [0.4, 0.5) is 11.5 Å². The molecule has 2 N–H and O–H groups in total. The third kappa shape index (κ3) is 4.54. The Kier molecular flexibility index (Phi) is 5.70. The molecule has 0 spiro atoms. The van der Waals surface area contributed by atoms with Crippen molar-refractivity contribution >= 4 is 17.4 Å². The van der Waals surface area contributed by atoms with Gasteiger partial charge in [0, 0.05) is 17.7 Å². The summed E-state index contributed by atoms with van der Waals surface area (Å²) in [5.74, 6) is 1.57. The van der Waals surface area contributed by atoms with Crippen molar-refractivity contribution in [2.24, 2.45) is 0 Å². The van der Waals surface area contributed by atoms with Crippen molar-refractivity contribution in [1.82, 2.24) is 15.3 Å². The molecule has 0 radical (unpaired) electrons. The Labute approximate surface area is 170 Å². The Bertz CT molecular complexity index is 985. The number of nitrogens with zero attached hydrogens (tertiary/aromatic N) is 2. The Morgan fingerprint density at radius 2 is 1.72 bits per heavy atom. The lowest BCUT2D eigenvalue weighted by Gasteiger charge is -2.14. The van der Waals surface area contributed by atoms with Crippen LogP contribution in [-0.4, -0.2) is 29.0 Å². The summed E-state index contributed by atoms with van der Waals surface area (Å²) in [6.45, 7) is 0. The lowest BCUT2D eigenvalue weighted by molar-refractivity contribution is 0.0933. The molecule has 4 rings (SSSR count). The van der Waals surface area contributed by atoms with E-state index in [1.165, 1.54) is 0 Å². The second-order valence-corrected chi connectivity index (χ2v) is 7.11. The average Bonchev–Trinajstić information content (AvgIpc) is 3.27. The molecule has 0 bridgehead atoms. The molecule has 0 aliphatic heterocycles. The molecule has 6 nitrogen and oxygen atoms in total. The molecular weight excluding hydrogens is 364 g/mol. The van der Waals surface area contributed by atoms with E-state index in [4.69, 9.17) is 4.74 Å². The van der Waals surface area contributed by atoms with Crippen LogP contribution in [0.5, 0.6) is 5.75 Å². The fourth-order valence-corrected chi connectivity index (χ4v) is 3.56. The number of benzene rings is 2. The second-order valence-electron chi connectivity index (χ2n) is 7.11. The first-order valence-corrected chi connectivity index (χ1v) is 9.88. The van der Waals surface area contributed by atoms with E-state index in [-0.39, 0.29) is 11.9 Å².